The van der Waals surface area contributed by atoms with Gasteiger partial charge in [0.1, 0.15) is 6.10 Å². The summed E-state index contributed by atoms with van der Waals surface area (Å²) >= 11 is 2.15. The number of carbonyl (C=O) groups excluding carboxylic acids is 1. The number of urea groups is 1. The molecule has 6 heteroatoms. The first-order valence-corrected chi connectivity index (χ1v) is 8.02. The highest BCUT2D eigenvalue weighted by Crippen LogP contribution is 2.31. The van der Waals surface area contributed by atoms with Gasteiger partial charge in [0.2, 0.25) is 0 Å². The van der Waals surface area contributed by atoms with Crippen LogP contribution in [0.2, 0.25) is 0 Å². The Morgan fingerprint density at radius 1 is 1.45 bits per heavy atom. The summed E-state index contributed by atoms with van der Waals surface area (Å²) in [4.78, 5) is 16.4. The molecule has 4 rings (SSSR count). The van der Waals surface area contributed by atoms with E-state index in [0.29, 0.717) is 12.0 Å². The summed E-state index contributed by atoms with van der Waals surface area (Å²) in [6.45, 7) is 3.32. The lowest BCUT2D eigenvalue weighted by atomic mass is 10.0. The molecule has 2 amide bonds. The maximum atomic E-state index is 12.3. The Hall–Kier alpha value is -1.02. The lowest BCUT2D eigenvalue weighted by Gasteiger charge is -2.27. The normalized spacial score (nSPS) is 37.4. The quantitative estimate of drug-likeness (QED) is 0.701. The molecule has 0 aromatic carbocycles. The molecular formula is C14H16IN3O2. The van der Waals surface area contributed by atoms with Crippen LogP contribution in [0.1, 0.15) is 6.42 Å². The van der Waals surface area contributed by atoms with Crippen LogP contribution in [0.3, 0.4) is 0 Å². The van der Waals surface area contributed by atoms with Crippen LogP contribution in [0.5, 0.6) is 0 Å². The average Bonchev–Trinajstić information content (AvgIpc) is 3.10. The van der Waals surface area contributed by atoms with Crippen LogP contribution in [0.15, 0.2) is 33.9 Å². The summed E-state index contributed by atoms with van der Waals surface area (Å²) in [7, 11) is 0. The number of piperidine rings is 1. The number of ether oxygens (including phenoxy) is 1. The molecule has 4 aliphatic heterocycles. The topological polar surface area (TPSA) is 44.8 Å². The first kappa shape index (κ1) is 12.7. The summed E-state index contributed by atoms with van der Waals surface area (Å²) < 4.78 is 6.46. The number of nitrogens with one attached hydrogen (secondary N) is 1. The molecule has 0 spiro atoms. The number of amides is 2. The van der Waals surface area contributed by atoms with E-state index in [1.807, 2.05) is 18.4 Å². The van der Waals surface area contributed by atoms with Crippen molar-refractivity contribution in [1.82, 2.24) is 15.1 Å². The number of nitrogens with zero attached hydrogens (tertiary/aromatic N) is 2. The van der Waals surface area contributed by atoms with Crippen molar-refractivity contribution in [2.45, 2.75) is 18.6 Å². The van der Waals surface area contributed by atoms with Gasteiger partial charge in [-0.25, -0.2) is 4.79 Å². The molecule has 0 saturated carbocycles. The minimum atomic E-state index is -0.0405. The van der Waals surface area contributed by atoms with Gasteiger partial charge in [-0.2, -0.15) is 0 Å². The third-order valence-electron chi connectivity index (χ3n) is 4.43. The number of fused-ring (bicyclic) bond motifs is 3. The first-order chi connectivity index (χ1) is 9.69. The minimum Gasteiger partial charge on any atom is -0.476 e. The molecule has 2 fully saturated rings. The molecule has 20 heavy (non-hydrogen) atoms. The predicted molar refractivity (Wildman–Crippen MR) is 82.9 cm³/mol. The van der Waals surface area contributed by atoms with E-state index in [1.165, 1.54) is 13.0 Å². The summed E-state index contributed by atoms with van der Waals surface area (Å²) in [6.07, 6.45) is 8.72. The second-order valence-corrected chi connectivity index (χ2v) is 6.79. The molecule has 0 aromatic rings. The molecule has 1 N–H and O–H groups in total. The van der Waals surface area contributed by atoms with Crippen LogP contribution in [0.4, 0.5) is 4.79 Å². The third kappa shape index (κ3) is 2.14. The summed E-state index contributed by atoms with van der Waals surface area (Å²) in [5.41, 5.74) is 1.03. The maximum Gasteiger partial charge on any atom is 0.325 e. The molecule has 3 unspecified atom stereocenters. The fourth-order valence-electron chi connectivity index (χ4n) is 3.38. The molecule has 4 heterocycles. The Labute approximate surface area is 131 Å². The van der Waals surface area contributed by atoms with Gasteiger partial charge >= 0.3 is 6.03 Å². The van der Waals surface area contributed by atoms with Crippen LogP contribution in [0.25, 0.3) is 0 Å². The number of hydrogen-bond donors (Lipinski definition) is 1. The fraction of sp³-hybridized carbons (Fsp3) is 0.500. The SMILES string of the molecule is O=C(NC1CN2CC[C@H]1C2)N1C=CC2OC(I)=CC2=C1. The minimum absolute atomic E-state index is 0.0282. The summed E-state index contributed by atoms with van der Waals surface area (Å²) in [6, 6.07) is 0.262. The van der Waals surface area contributed by atoms with E-state index in [0.717, 1.165) is 22.4 Å². The highest BCUT2D eigenvalue weighted by atomic mass is 127. The Balaban J connectivity index is 1.43. The van der Waals surface area contributed by atoms with Crippen molar-refractivity contribution in [3.63, 3.8) is 0 Å². The fourth-order valence-corrected chi connectivity index (χ4v) is 4.01. The van der Waals surface area contributed by atoms with Gasteiger partial charge in [0.15, 0.2) is 3.77 Å². The van der Waals surface area contributed by atoms with Crippen molar-refractivity contribution >= 4 is 28.6 Å². The van der Waals surface area contributed by atoms with Crippen molar-refractivity contribution < 1.29 is 9.53 Å². The van der Waals surface area contributed by atoms with Crippen molar-refractivity contribution in [3.8, 4) is 0 Å². The maximum absolute atomic E-state index is 12.3. The van der Waals surface area contributed by atoms with Gasteiger partial charge in [0.25, 0.3) is 0 Å². The van der Waals surface area contributed by atoms with Gasteiger partial charge < -0.3 is 15.0 Å². The highest BCUT2D eigenvalue weighted by Gasteiger charge is 2.39. The molecule has 4 atom stereocenters. The Morgan fingerprint density at radius 3 is 3.10 bits per heavy atom. The number of rotatable bonds is 1. The van der Waals surface area contributed by atoms with E-state index >= 15 is 0 Å². The first-order valence-electron chi connectivity index (χ1n) is 6.94. The Kier molecular flexibility index (Phi) is 3.03. The molecule has 0 aromatic heterocycles. The molecule has 2 saturated heterocycles. The molecule has 106 valence electrons. The highest BCUT2D eigenvalue weighted by molar-refractivity contribution is 14.1. The predicted octanol–water partition coefficient (Wildman–Crippen LogP) is 1.79. The lowest BCUT2D eigenvalue weighted by molar-refractivity contribution is 0.208. The van der Waals surface area contributed by atoms with Crippen molar-refractivity contribution in [2.75, 3.05) is 19.6 Å². The number of halogens is 1. The zero-order chi connectivity index (χ0) is 13.7. The standard InChI is InChI=1S/C14H16IN3O2/c15-13-5-10-7-18(4-2-12(10)20-13)14(19)16-11-8-17-3-1-9(11)6-17/h2,4-5,7,9,11-12H,1,3,6,8H2,(H,16,19)/t9-,11?,12?/m0/s1. The van der Waals surface area contributed by atoms with Crippen LogP contribution >= 0.6 is 22.6 Å². The zero-order valence-corrected chi connectivity index (χ0v) is 13.1. The van der Waals surface area contributed by atoms with Gasteiger partial charge in [-0.15, -0.1) is 0 Å². The van der Waals surface area contributed by atoms with Crippen LogP contribution < -0.4 is 5.32 Å². The molecule has 0 aliphatic carbocycles. The summed E-state index contributed by atoms with van der Waals surface area (Å²) in [5, 5.41) is 3.16. The van der Waals surface area contributed by atoms with E-state index in [2.05, 4.69) is 32.8 Å². The van der Waals surface area contributed by atoms with Gasteiger partial charge in [-0.05, 0) is 53.6 Å². The monoisotopic (exact) mass is 385 g/mol. The van der Waals surface area contributed by atoms with Crippen molar-refractivity contribution in [1.29, 1.82) is 0 Å². The van der Waals surface area contributed by atoms with Crippen molar-refractivity contribution in [3.05, 3.63) is 33.9 Å². The number of hydrogen-bond acceptors (Lipinski definition) is 3. The van der Waals surface area contributed by atoms with E-state index in [4.69, 9.17) is 4.74 Å². The van der Waals surface area contributed by atoms with Crippen molar-refractivity contribution in [2.24, 2.45) is 5.92 Å². The molecule has 4 aliphatic rings. The Bertz CT molecular complexity index is 543. The van der Waals surface area contributed by atoms with E-state index in [1.54, 1.807) is 11.1 Å². The molecule has 2 bridgehead atoms. The summed E-state index contributed by atoms with van der Waals surface area (Å²) in [5.74, 6) is 0.628. The van der Waals surface area contributed by atoms with Gasteiger partial charge in [-0.3, -0.25) is 4.90 Å². The van der Waals surface area contributed by atoms with Crippen LogP contribution in [0, 0.1) is 5.92 Å². The largest absolute Gasteiger partial charge is 0.476 e. The van der Waals surface area contributed by atoms with Gasteiger partial charge in [0, 0.05) is 37.1 Å². The smallest absolute Gasteiger partial charge is 0.325 e. The zero-order valence-electron chi connectivity index (χ0n) is 11.0. The van der Waals surface area contributed by atoms with E-state index in [9.17, 15) is 4.79 Å². The second kappa shape index (κ2) is 4.77. The van der Waals surface area contributed by atoms with Crippen LogP contribution in [-0.4, -0.2) is 47.6 Å². The Morgan fingerprint density at radius 2 is 2.35 bits per heavy atom. The van der Waals surface area contributed by atoms with E-state index < -0.39 is 0 Å². The molecule has 0 radical (unpaired) electrons. The molecule has 5 nitrogen and oxygen atoms in total. The number of carbonyl (C=O) groups is 1. The second-order valence-electron chi connectivity index (χ2n) is 5.73. The molecular weight excluding hydrogens is 369 g/mol. The lowest BCUT2D eigenvalue weighted by Crippen LogP contribution is -2.47. The van der Waals surface area contributed by atoms with Gasteiger partial charge in [-0.1, -0.05) is 0 Å². The van der Waals surface area contributed by atoms with Gasteiger partial charge in [0.05, 0.1) is 0 Å². The van der Waals surface area contributed by atoms with E-state index in [-0.39, 0.29) is 12.1 Å². The average molecular weight is 385 g/mol. The third-order valence-corrected chi connectivity index (χ3v) is 5.00. The van der Waals surface area contributed by atoms with Crippen LogP contribution in [-0.2, 0) is 4.74 Å².